The summed E-state index contributed by atoms with van der Waals surface area (Å²) in [5.74, 6) is 0.151. The number of amides is 2. The maximum atomic E-state index is 13.0. The second kappa shape index (κ2) is 7.97. The zero-order valence-corrected chi connectivity index (χ0v) is 14.6. The molecule has 0 aliphatic carbocycles. The summed E-state index contributed by atoms with van der Waals surface area (Å²) in [5, 5.41) is 0. The van der Waals surface area contributed by atoms with Crippen LogP contribution in [0, 0.1) is 0 Å². The molecule has 0 atom stereocenters. The van der Waals surface area contributed by atoms with E-state index in [1.54, 1.807) is 4.90 Å². The minimum atomic E-state index is 0.0131. The number of hydrogen-bond donors (Lipinski definition) is 0. The first kappa shape index (κ1) is 17.2. The van der Waals surface area contributed by atoms with Gasteiger partial charge >= 0.3 is 0 Å². The highest BCUT2D eigenvalue weighted by atomic mass is 16.2. The molecule has 0 radical (unpaired) electrons. The first-order valence-electron chi connectivity index (χ1n) is 8.92. The predicted molar refractivity (Wildman–Crippen MR) is 99.5 cm³/mol. The summed E-state index contributed by atoms with van der Waals surface area (Å²) in [6.45, 7) is 4.12. The van der Waals surface area contributed by atoms with Crippen LogP contribution in [-0.4, -0.2) is 29.8 Å². The second-order valence-corrected chi connectivity index (χ2v) is 6.41. The molecule has 4 heteroatoms. The predicted octanol–water partition coefficient (Wildman–Crippen LogP) is 3.87. The number of carbonyl (C=O) groups excluding carboxylic acids is 2. The second-order valence-electron chi connectivity index (χ2n) is 6.41. The molecule has 130 valence electrons. The lowest BCUT2D eigenvalue weighted by atomic mass is 10.1. The summed E-state index contributed by atoms with van der Waals surface area (Å²) in [6.07, 6.45) is 2.38. The third-order valence-electron chi connectivity index (χ3n) is 4.48. The van der Waals surface area contributed by atoms with Crippen molar-refractivity contribution < 1.29 is 9.59 Å². The van der Waals surface area contributed by atoms with E-state index in [1.165, 1.54) is 0 Å². The molecule has 2 aromatic rings. The van der Waals surface area contributed by atoms with Crippen LogP contribution >= 0.6 is 0 Å². The van der Waals surface area contributed by atoms with Gasteiger partial charge in [-0.15, -0.1) is 0 Å². The number of anilines is 1. The van der Waals surface area contributed by atoms with E-state index in [1.807, 2.05) is 59.5 Å². The first-order chi connectivity index (χ1) is 12.2. The van der Waals surface area contributed by atoms with Gasteiger partial charge in [0.15, 0.2) is 0 Å². The quantitative estimate of drug-likeness (QED) is 0.803. The third-order valence-corrected chi connectivity index (χ3v) is 4.48. The number of nitrogens with zero attached hydrogens (tertiary/aromatic N) is 2. The lowest BCUT2D eigenvalue weighted by molar-refractivity contribution is -0.117. The molecule has 3 rings (SSSR count). The lowest BCUT2D eigenvalue weighted by Gasteiger charge is -2.23. The Bertz CT molecular complexity index is 743. The van der Waals surface area contributed by atoms with E-state index in [2.05, 4.69) is 6.92 Å². The lowest BCUT2D eigenvalue weighted by Crippen LogP contribution is -2.31. The topological polar surface area (TPSA) is 40.6 Å². The largest absolute Gasteiger partial charge is 0.334 e. The molecule has 1 fully saturated rings. The van der Waals surface area contributed by atoms with Gasteiger partial charge in [-0.2, -0.15) is 0 Å². The highest BCUT2D eigenvalue weighted by Crippen LogP contribution is 2.23. The van der Waals surface area contributed by atoms with Gasteiger partial charge in [-0.1, -0.05) is 43.3 Å². The van der Waals surface area contributed by atoms with Crippen molar-refractivity contribution in [2.45, 2.75) is 32.7 Å². The van der Waals surface area contributed by atoms with Gasteiger partial charge in [0.1, 0.15) is 0 Å². The van der Waals surface area contributed by atoms with Crippen LogP contribution in [0.5, 0.6) is 0 Å². The minimum absolute atomic E-state index is 0.0131. The van der Waals surface area contributed by atoms with Crippen LogP contribution in [0.2, 0.25) is 0 Å². The summed E-state index contributed by atoms with van der Waals surface area (Å²) in [6, 6.07) is 17.5. The Hall–Kier alpha value is -2.62. The van der Waals surface area contributed by atoms with Crippen molar-refractivity contribution in [2.24, 2.45) is 0 Å². The van der Waals surface area contributed by atoms with Crippen LogP contribution in [-0.2, 0) is 11.3 Å². The molecule has 4 nitrogen and oxygen atoms in total. The molecule has 0 N–H and O–H groups in total. The normalized spacial score (nSPS) is 14.0. The van der Waals surface area contributed by atoms with Crippen molar-refractivity contribution >= 4 is 17.5 Å². The van der Waals surface area contributed by atoms with Crippen LogP contribution in [0.1, 0.15) is 42.1 Å². The molecule has 25 heavy (non-hydrogen) atoms. The average molecular weight is 336 g/mol. The van der Waals surface area contributed by atoms with Gasteiger partial charge in [-0.3, -0.25) is 9.59 Å². The minimum Gasteiger partial charge on any atom is -0.334 e. The Morgan fingerprint density at radius 2 is 1.92 bits per heavy atom. The molecule has 1 heterocycles. The summed E-state index contributed by atoms with van der Waals surface area (Å²) in [7, 11) is 0. The first-order valence-corrected chi connectivity index (χ1v) is 8.92. The molecular weight excluding hydrogens is 312 g/mol. The Balaban J connectivity index is 1.80. The summed E-state index contributed by atoms with van der Waals surface area (Å²) in [5.41, 5.74) is 2.58. The van der Waals surface area contributed by atoms with E-state index < -0.39 is 0 Å². The highest BCUT2D eigenvalue weighted by molar-refractivity contribution is 5.99. The molecule has 1 saturated heterocycles. The van der Waals surface area contributed by atoms with Crippen molar-refractivity contribution in [3.05, 3.63) is 65.7 Å². The van der Waals surface area contributed by atoms with E-state index in [4.69, 9.17) is 0 Å². The molecule has 0 saturated carbocycles. The van der Waals surface area contributed by atoms with Gasteiger partial charge in [0.25, 0.3) is 5.91 Å². The maximum absolute atomic E-state index is 13.0. The Labute approximate surface area is 149 Å². The van der Waals surface area contributed by atoms with Gasteiger partial charge < -0.3 is 9.80 Å². The smallest absolute Gasteiger partial charge is 0.254 e. The molecule has 0 aromatic heterocycles. The van der Waals surface area contributed by atoms with Crippen molar-refractivity contribution in [1.82, 2.24) is 4.90 Å². The SMILES string of the molecule is CCCN(Cc1ccccc1)C(=O)c1cccc(N2CCCC2=O)c1. The van der Waals surface area contributed by atoms with Crippen LogP contribution in [0.4, 0.5) is 5.69 Å². The van der Waals surface area contributed by atoms with E-state index >= 15 is 0 Å². The van der Waals surface area contributed by atoms with Crippen molar-refractivity contribution in [2.75, 3.05) is 18.0 Å². The third kappa shape index (κ3) is 4.08. The standard InChI is InChI=1S/C21H24N2O2/c1-2-13-22(16-17-8-4-3-5-9-17)21(25)18-10-6-11-19(15-18)23-14-7-12-20(23)24/h3-6,8-11,15H,2,7,12-14,16H2,1H3. The van der Waals surface area contributed by atoms with Gasteiger partial charge in [0.05, 0.1) is 0 Å². The maximum Gasteiger partial charge on any atom is 0.254 e. The molecule has 0 bridgehead atoms. The Morgan fingerprint density at radius 3 is 2.60 bits per heavy atom. The van der Waals surface area contributed by atoms with E-state index in [9.17, 15) is 9.59 Å². The van der Waals surface area contributed by atoms with Gasteiger partial charge in [0.2, 0.25) is 5.91 Å². The number of carbonyl (C=O) groups is 2. The summed E-state index contributed by atoms with van der Waals surface area (Å²) in [4.78, 5) is 28.6. The molecule has 1 aliphatic heterocycles. The zero-order chi connectivity index (χ0) is 17.6. The Morgan fingerprint density at radius 1 is 1.12 bits per heavy atom. The summed E-state index contributed by atoms with van der Waals surface area (Å²) < 4.78 is 0. The van der Waals surface area contributed by atoms with E-state index in [-0.39, 0.29) is 11.8 Å². The fraction of sp³-hybridized carbons (Fsp3) is 0.333. The number of benzene rings is 2. The highest BCUT2D eigenvalue weighted by Gasteiger charge is 2.23. The molecule has 2 amide bonds. The van der Waals surface area contributed by atoms with Crippen LogP contribution < -0.4 is 4.90 Å². The van der Waals surface area contributed by atoms with Crippen LogP contribution in [0.15, 0.2) is 54.6 Å². The van der Waals surface area contributed by atoms with Crippen molar-refractivity contribution in [3.63, 3.8) is 0 Å². The molecule has 2 aromatic carbocycles. The van der Waals surface area contributed by atoms with Gasteiger partial charge in [-0.25, -0.2) is 0 Å². The van der Waals surface area contributed by atoms with E-state index in [0.717, 1.165) is 30.6 Å². The van der Waals surface area contributed by atoms with Crippen molar-refractivity contribution in [1.29, 1.82) is 0 Å². The van der Waals surface area contributed by atoms with Crippen molar-refractivity contribution in [3.8, 4) is 0 Å². The fourth-order valence-electron chi connectivity index (χ4n) is 3.24. The van der Waals surface area contributed by atoms with Gasteiger partial charge in [0, 0.05) is 37.3 Å². The fourth-order valence-corrected chi connectivity index (χ4v) is 3.24. The molecule has 0 unspecified atom stereocenters. The summed E-state index contributed by atoms with van der Waals surface area (Å²) >= 11 is 0. The molecule has 0 spiro atoms. The monoisotopic (exact) mass is 336 g/mol. The number of rotatable bonds is 6. The molecular formula is C21H24N2O2. The average Bonchev–Trinajstić information content (AvgIpc) is 3.08. The van der Waals surface area contributed by atoms with Crippen LogP contribution in [0.25, 0.3) is 0 Å². The van der Waals surface area contributed by atoms with E-state index in [0.29, 0.717) is 25.1 Å². The Kier molecular flexibility index (Phi) is 5.49. The molecule has 1 aliphatic rings. The van der Waals surface area contributed by atoms with Crippen LogP contribution in [0.3, 0.4) is 0 Å². The zero-order valence-electron chi connectivity index (χ0n) is 14.6. The van der Waals surface area contributed by atoms with Gasteiger partial charge in [-0.05, 0) is 36.6 Å². The number of hydrogen-bond acceptors (Lipinski definition) is 2.